The monoisotopic (exact) mass is 205 g/mol. The molecular weight excluding hydrogens is 190 g/mol. The van der Waals surface area contributed by atoms with Gasteiger partial charge in [0.2, 0.25) is 0 Å². The van der Waals surface area contributed by atoms with E-state index >= 15 is 0 Å². The molecule has 0 unspecified atom stereocenters. The molecule has 1 aromatic heterocycles. The number of aromatic hydroxyl groups is 1. The van der Waals surface area contributed by atoms with Crippen LogP contribution in [0.3, 0.4) is 0 Å². The highest BCUT2D eigenvalue weighted by Gasteiger charge is 2.14. The molecule has 2 rings (SSSR count). The third-order valence-electron chi connectivity index (χ3n) is 2.48. The summed E-state index contributed by atoms with van der Waals surface area (Å²) in [7, 11) is 0. The van der Waals surface area contributed by atoms with Gasteiger partial charge in [0.25, 0.3) is 0 Å². The molecule has 1 heterocycles. The van der Waals surface area contributed by atoms with Gasteiger partial charge in [0.1, 0.15) is 5.75 Å². The molecule has 0 aliphatic heterocycles. The number of hydrogen-bond acceptors (Lipinski definition) is 3. The lowest BCUT2D eigenvalue weighted by Crippen LogP contribution is -2.10. The zero-order valence-electron chi connectivity index (χ0n) is 8.94. The van der Waals surface area contributed by atoms with Gasteiger partial charge in [-0.3, -0.25) is 4.68 Å². The van der Waals surface area contributed by atoms with Crippen LogP contribution in [-0.4, -0.2) is 14.9 Å². The molecule has 0 aliphatic rings. The van der Waals surface area contributed by atoms with Crippen molar-refractivity contribution in [1.82, 2.24) is 9.78 Å². The lowest BCUT2D eigenvalue weighted by molar-refractivity contribution is 0.479. The zero-order chi connectivity index (χ0) is 11.0. The van der Waals surface area contributed by atoms with Gasteiger partial charge in [0.05, 0.1) is 16.6 Å². The standard InChI is InChI=1S/C11H15N3O/c1-7(2)14-9(6-12)11-8(13-14)4-3-5-10(11)15/h3-5,7,15H,6,12H2,1-2H3. The van der Waals surface area contributed by atoms with Crippen LogP contribution in [0.2, 0.25) is 0 Å². The normalized spacial score (nSPS) is 11.5. The molecule has 0 aliphatic carbocycles. The largest absolute Gasteiger partial charge is 0.507 e. The molecule has 0 fully saturated rings. The molecule has 0 saturated heterocycles. The Kier molecular flexibility index (Phi) is 2.36. The highest BCUT2D eigenvalue weighted by atomic mass is 16.3. The number of nitrogens with zero attached hydrogens (tertiary/aromatic N) is 2. The first-order valence-corrected chi connectivity index (χ1v) is 5.04. The van der Waals surface area contributed by atoms with Crippen LogP contribution < -0.4 is 5.73 Å². The molecular formula is C11H15N3O. The maximum absolute atomic E-state index is 9.77. The molecule has 2 aromatic rings. The van der Waals surface area contributed by atoms with Crippen LogP contribution in [0.1, 0.15) is 25.6 Å². The highest BCUT2D eigenvalue weighted by Crippen LogP contribution is 2.28. The lowest BCUT2D eigenvalue weighted by atomic mass is 10.2. The number of benzene rings is 1. The molecule has 4 nitrogen and oxygen atoms in total. The number of nitrogens with two attached hydrogens (primary N) is 1. The van der Waals surface area contributed by atoms with E-state index < -0.39 is 0 Å². The van der Waals surface area contributed by atoms with E-state index in [2.05, 4.69) is 5.10 Å². The van der Waals surface area contributed by atoms with E-state index in [0.29, 0.717) is 6.54 Å². The SMILES string of the molecule is CC(C)n1nc2cccc(O)c2c1CN. The Bertz CT molecular complexity index is 488. The topological polar surface area (TPSA) is 64.1 Å². The van der Waals surface area contributed by atoms with Crippen LogP contribution in [0.15, 0.2) is 18.2 Å². The Morgan fingerprint density at radius 2 is 2.20 bits per heavy atom. The van der Waals surface area contributed by atoms with E-state index in [1.807, 2.05) is 24.6 Å². The third kappa shape index (κ3) is 1.47. The van der Waals surface area contributed by atoms with Gasteiger partial charge in [0.15, 0.2) is 0 Å². The van der Waals surface area contributed by atoms with Crippen LogP contribution >= 0.6 is 0 Å². The minimum Gasteiger partial charge on any atom is -0.507 e. The summed E-state index contributed by atoms with van der Waals surface area (Å²) in [5.74, 6) is 0.250. The smallest absolute Gasteiger partial charge is 0.126 e. The Balaban J connectivity index is 2.80. The first kappa shape index (κ1) is 9.98. The van der Waals surface area contributed by atoms with Crippen LogP contribution in [0.25, 0.3) is 10.9 Å². The second-order valence-electron chi connectivity index (χ2n) is 3.86. The molecule has 80 valence electrons. The van der Waals surface area contributed by atoms with Gasteiger partial charge in [-0.1, -0.05) is 6.07 Å². The van der Waals surface area contributed by atoms with E-state index in [1.54, 1.807) is 12.1 Å². The first-order chi connectivity index (χ1) is 7.15. The Morgan fingerprint density at radius 3 is 2.80 bits per heavy atom. The molecule has 0 bridgehead atoms. The van der Waals surface area contributed by atoms with E-state index in [4.69, 9.17) is 5.73 Å². The summed E-state index contributed by atoms with van der Waals surface area (Å²) in [6.45, 7) is 4.47. The Morgan fingerprint density at radius 1 is 1.47 bits per heavy atom. The molecule has 0 radical (unpaired) electrons. The average molecular weight is 205 g/mol. The average Bonchev–Trinajstić information content (AvgIpc) is 2.57. The molecule has 0 spiro atoms. The number of fused-ring (bicyclic) bond motifs is 1. The molecule has 15 heavy (non-hydrogen) atoms. The molecule has 3 N–H and O–H groups in total. The number of rotatable bonds is 2. The number of phenolic OH excluding ortho intramolecular Hbond substituents is 1. The number of aromatic nitrogens is 2. The predicted octanol–water partition coefficient (Wildman–Crippen LogP) is 1.78. The number of hydrogen-bond donors (Lipinski definition) is 2. The minimum atomic E-state index is 0.246. The first-order valence-electron chi connectivity index (χ1n) is 5.04. The van der Waals surface area contributed by atoms with Gasteiger partial charge in [-0.15, -0.1) is 0 Å². The third-order valence-corrected chi connectivity index (χ3v) is 2.48. The van der Waals surface area contributed by atoms with Crippen molar-refractivity contribution in [1.29, 1.82) is 0 Å². The van der Waals surface area contributed by atoms with Crippen molar-refractivity contribution in [2.45, 2.75) is 26.4 Å². The molecule has 0 saturated carbocycles. The van der Waals surface area contributed by atoms with Crippen molar-refractivity contribution in [3.8, 4) is 5.75 Å². The molecule has 1 aromatic carbocycles. The van der Waals surface area contributed by atoms with Crippen LogP contribution in [-0.2, 0) is 6.54 Å². The predicted molar refractivity (Wildman–Crippen MR) is 59.7 cm³/mol. The summed E-state index contributed by atoms with van der Waals surface area (Å²) < 4.78 is 1.87. The fourth-order valence-electron chi connectivity index (χ4n) is 1.82. The second kappa shape index (κ2) is 3.55. The van der Waals surface area contributed by atoms with Gasteiger partial charge in [0, 0.05) is 12.6 Å². The van der Waals surface area contributed by atoms with Crippen molar-refractivity contribution in [2.24, 2.45) is 5.73 Å². The highest BCUT2D eigenvalue weighted by molar-refractivity contribution is 5.87. The maximum Gasteiger partial charge on any atom is 0.126 e. The summed E-state index contributed by atoms with van der Waals surface area (Å²) in [5.41, 5.74) is 7.38. The van der Waals surface area contributed by atoms with E-state index in [-0.39, 0.29) is 11.8 Å². The van der Waals surface area contributed by atoms with Crippen LogP contribution in [0.4, 0.5) is 0 Å². The van der Waals surface area contributed by atoms with Crippen molar-refractivity contribution in [3.63, 3.8) is 0 Å². The second-order valence-corrected chi connectivity index (χ2v) is 3.86. The zero-order valence-corrected chi connectivity index (χ0v) is 8.94. The van der Waals surface area contributed by atoms with E-state index in [0.717, 1.165) is 16.6 Å². The van der Waals surface area contributed by atoms with Crippen LogP contribution in [0, 0.1) is 0 Å². The van der Waals surface area contributed by atoms with Gasteiger partial charge in [-0.2, -0.15) is 5.10 Å². The van der Waals surface area contributed by atoms with Crippen molar-refractivity contribution < 1.29 is 5.11 Å². The summed E-state index contributed by atoms with van der Waals surface area (Å²) in [6.07, 6.45) is 0. The van der Waals surface area contributed by atoms with Gasteiger partial charge in [-0.25, -0.2) is 0 Å². The molecule has 0 amide bonds. The number of phenols is 1. The van der Waals surface area contributed by atoms with Gasteiger partial charge in [-0.05, 0) is 26.0 Å². The van der Waals surface area contributed by atoms with Crippen molar-refractivity contribution >= 4 is 10.9 Å². The fraction of sp³-hybridized carbons (Fsp3) is 0.364. The maximum atomic E-state index is 9.77. The summed E-state index contributed by atoms with van der Waals surface area (Å²) in [5, 5.41) is 15.0. The summed E-state index contributed by atoms with van der Waals surface area (Å²) >= 11 is 0. The van der Waals surface area contributed by atoms with E-state index in [9.17, 15) is 5.11 Å². The quantitative estimate of drug-likeness (QED) is 0.785. The van der Waals surface area contributed by atoms with Gasteiger partial charge >= 0.3 is 0 Å². The summed E-state index contributed by atoms with van der Waals surface area (Å²) in [4.78, 5) is 0. The Hall–Kier alpha value is -1.55. The molecule has 4 heteroatoms. The fourth-order valence-corrected chi connectivity index (χ4v) is 1.82. The van der Waals surface area contributed by atoms with Gasteiger partial charge < -0.3 is 10.8 Å². The molecule has 0 atom stereocenters. The summed E-state index contributed by atoms with van der Waals surface area (Å²) in [6, 6.07) is 5.58. The van der Waals surface area contributed by atoms with Crippen molar-refractivity contribution in [2.75, 3.05) is 0 Å². The lowest BCUT2D eigenvalue weighted by Gasteiger charge is -2.09. The van der Waals surface area contributed by atoms with Crippen LogP contribution in [0.5, 0.6) is 5.75 Å². The van der Waals surface area contributed by atoms with E-state index in [1.165, 1.54) is 0 Å². The Labute approximate surface area is 88.3 Å². The minimum absolute atomic E-state index is 0.246. The van der Waals surface area contributed by atoms with Crippen molar-refractivity contribution in [3.05, 3.63) is 23.9 Å².